The first-order chi connectivity index (χ1) is 7.06. The molecule has 0 aromatic rings. The first-order valence-corrected chi connectivity index (χ1v) is 5.90. The number of fused-ring (bicyclic) bond motifs is 1. The Morgan fingerprint density at radius 3 is 2.93 bits per heavy atom. The second kappa shape index (κ2) is 3.79. The SMILES string of the molecule is [CH2-]CC1(C)CCC2=CC=C(C)C(C)C2O1. The third-order valence-corrected chi connectivity index (χ3v) is 3.98. The molecule has 0 bridgehead atoms. The molecule has 0 amide bonds. The standard InChI is InChI=1S/C14H21O/c1-5-14(4)9-8-12-7-6-10(2)11(3)13(12)15-14/h6-7,11,13H,1,5,8-9H2,2-4H3/q-1. The Morgan fingerprint density at radius 2 is 2.27 bits per heavy atom. The van der Waals surface area contributed by atoms with Crippen LogP contribution in [0.3, 0.4) is 0 Å². The quantitative estimate of drug-likeness (QED) is 0.593. The van der Waals surface area contributed by atoms with E-state index < -0.39 is 0 Å². The van der Waals surface area contributed by atoms with Crippen LogP contribution in [0.2, 0.25) is 0 Å². The van der Waals surface area contributed by atoms with E-state index in [0.29, 0.717) is 12.0 Å². The van der Waals surface area contributed by atoms with Crippen molar-refractivity contribution in [3.8, 4) is 0 Å². The Morgan fingerprint density at radius 1 is 1.53 bits per heavy atom. The van der Waals surface area contributed by atoms with Crippen LogP contribution in [-0.2, 0) is 4.74 Å². The summed E-state index contributed by atoms with van der Waals surface area (Å²) in [5.41, 5.74) is 2.89. The van der Waals surface area contributed by atoms with E-state index in [-0.39, 0.29) is 5.60 Å². The zero-order chi connectivity index (χ0) is 11.1. The molecule has 1 saturated heterocycles. The summed E-state index contributed by atoms with van der Waals surface area (Å²) in [6, 6.07) is 0. The molecular formula is C14H21O-. The molecule has 0 saturated carbocycles. The van der Waals surface area contributed by atoms with Gasteiger partial charge in [-0.1, -0.05) is 24.6 Å². The Hall–Kier alpha value is -0.560. The summed E-state index contributed by atoms with van der Waals surface area (Å²) in [7, 11) is 0. The molecule has 1 fully saturated rings. The fraction of sp³-hybridized carbons (Fsp3) is 0.643. The molecule has 1 aliphatic carbocycles. The second-order valence-electron chi connectivity index (χ2n) is 5.18. The fourth-order valence-corrected chi connectivity index (χ4v) is 2.41. The summed E-state index contributed by atoms with van der Waals surface area (Å²) >= 11 is 0. The number of rotatable bonds is 1. The largest absolute Gasteiger partial charge is 0.370 e. The van der Waals surface area contributed by atoms with Gasteiger partial charge in [-0.15, -0.1) is 0 Å². The maximum absolute atomic E-state index is 6.24. The number of ether oxygens (including phenoxy) is 1. The van der Waals surface area contributed by atoms with Crippen molar-refractivity contribution in [2.24, 2.45) is 5.92 Å². The molecule has 3 atom stereocenters. The van der Waals surface area contributed by atoms with Gasteiger partial charge >= 0.3 is 0 Å². The van der Waals surface area contributed by atoms with Crippen molar-refractivity contribution >= 4 is 0 Å². The van der Waals surface area contributed by atoms with E-state index in [2.05, 4.69) is 39.8 Å². The van der Waals surface area contributed by atoms with Crippen molar-refractivity contribution < 1.29 is 4.74 Å². The van der Waals surface area contributed by atoms with E-state index in [4.69, 9.17) is 4.74 Å². The first-order valence-electron chi connectivity index (χ1n) is 5.90. The molecular weight excluding hydrogens is 184 g/mol. The molecule has 0 spiro atoms. The summed E-state index contributed by atoms with van der Waals surface area (Å²) in [6.07, 6.45) is 7.95. The lowest BCUT2D eigenvalue weighted by Crippen LogP contribution is -2.42. The van der Waals surface area contributed by atoms with Crippen LogP contribution in [-0.4, -0.2) is 11.7 Å². The van der Waals surface area contributed by atoms with Crippen molar-refractivity contribution in [3.63, 3.8) is 0 Å². The topological polar surface area (TPSA) is 9.23 Å². The molecule has 15 heavy (non-hydrogen) atoms. The van der Waals surface area contributed by atoms with Crippen LogP contribution in [0.4, 0.5) is 0 Å². The highest BCUT2D eigenvalue weighted by atomic mass is 16.5. The number of allylic oxidation sites excluding steroid dienone is 2. The van der Waals surface area contributed by atoms with Gasteiger partial charge in [-0.05, 0) is 32.3 Å². The van der Waals surface area contributed by atoms with Crippen LogP contribution < -0.4 is 0 Å². The molecule has 2 rings (SSSR count). The van der Waals surface area contributed by atoms with Crippen molar-refractivity contribution in [1.29, 1.82) is 0 Å². The van der Waals surface area contributed by atoms with Crippen molar-refractivity contribution in [2.75, 3.05) is 0 Å². The van der Waals surface area contributed by atoms with Crippen LogP contribution in [0, 0.1) is 12.8 Å². The van der Waals surface area contributed by atoms with Crippen molar-refractivity contribution in [2.45, 2.75) is 51.7 Å². The zero-order valence-corrected chi connectivity index (χ0v) is 10.0. The lowest BCUT2D eigenvalue weighted by molar-refractivity contribution is -0.105. The lowest BCUT2D eigenvalue weighted by atomic mass is 9.79. The normalized spacial score (nSPS) is 40.5. The van der Waals surface area contributed by atoms with Gasteiger partial charge < -0.3 is 11.7 Å². The minimum absolute atomic E-state index is 0.00606. The summed E-state index contributed by atoms with van der Waals surface area (Å²) in [5, 5.41) is 0. The molecule has 1 nitrogen and oxygen atoms in total. The Bertz CT molecular complexity index is 313. The van der Waals surface area contributed by atoms with E-state index in [1.54, 1.807) is 0 Å². The van der Waals surface area contributed by atoms with Crippen molar-refractivity contribution in [3.05, 3.63) is 30.2 Å². The molecule has 84 valence electrons. The average Bonchev–Trinajstić information content (AvgIpc) is 2.25. The van der Waals surface area contributed by atoms with Crippen LogP contribution >= 0.6 is 0 Å². The summed E-state index contributed by atoms with van der Waals surface area (Å²) in [4.78, 5) is 0. The van der Waals surface area contributed by atoms with Crippen LogP contribution in [0.25, 0.3) is 0 Å². The summed E-state index contributed by atoms with van der Waals surface area (Å²) in [6.45, 7) is 10.6. The maximum atomic E-state index is 6.24. The highest BCUT2D eigenvalue weighted by Gasteiger charge is 2.36. The Labute approximate surface area is 93.2 Å². The Kier molecular flexibility index (Phi) is 2.76. The lowest BCUT2D eigenvalue weighted by Gasteiger charge is -2.45. The van der Waals surface area contributed by atoms with E-state index in [9.17, 15) is 0 Å². The molecule has 2 aliphatic rings. The van der Waals surface area contributed by atoms with E-state index in [0.717, 1.165) is 12.8 Å². The molecule has 1 heteroatoms. The molecule has 3 unspecified atom stereocenters. The molecule has 0 aromatic heterocycles. The minimum Gasteiger partial charge on any atom is -0.370 e. The summed E-state index contributed by atoms with van der Waals surface area (Å²) < 4.78 is 6.24. The molecule has 0 radical (unpaired) electrons. The second-order valence-corrected chi connectivity index (χ2v) is 5.18. The molecule has 0 aromatic carbocycles. The van der Waals surface area contributed by atoms with Gasteiger partial charge in [-0.3, -0.25) is 0 Å². The van der Waals surface area contributed by atoms with Gasteiger partial charge in [0.15, 0.2) is 0 Å². The molecule has 1 aliphatic heterocycles. The van der Waals surface area contributed by atoms with E-state index in [1.165, 1.54) is 17.6 Å². The predicted molar refractivity (Wildman–Crippen MR) is 63.5 cm³/mol. The minimum atomic E-state index is -0.00606. The predicted octanol–water partition coefficient (Wildman–Crippen LogP) is 3.67. The molecule has 0 N–H and O–H groups in total. The van der Waals surface area contributed by atoms with Gasteiger partial charge in [-0.25, -0.2) is 0 Å². The van der Waals surface area contributed by atoms with E-state index >= 15 is 0 Å². The fourth-order valence-electron chi connectivity index (χ4n) is 2.41. The first kappa shape index (κ1) is 10.9. The maximum Gasteiger partial charge on any atom is 0.0856 e. The molecule has 1 heterocycles. The van der Waals surface area contributed by atoms with Crippen LogP contribution in [0.1, 0.15) is 40.0 Å². The van der Waals surface area contributed by atoms with Gasteiger partial charge in [0.25, 0.3) is 0 Å². The average molecular weight is 205 g/mol. The summed E-state index contributed by atoms with van der Waals surface area (Å²) in [5.74, 6) is 0.524. The van der Waals surface area contributed by atoms with Gasteiger partial charge in [0.2, 0.25) is 0 Å². The smallest absolute Gasteiger partial charge is 0.0856 e. The van der Waals surface area contributed by atoms with Gasteiger partial charge in [0, 0.05) is 11.5 Å². The van der Waals surface area contributed by atoms with E-state index in [1.807, 2.05) is 0 Å². The zero-order valence-electron chi connectivity index (χ0n) is 10.0. The number of hydrogen-bond donors (Lipinski definition) is 0. The Balaban J connectivity index is 2.21. The van der Waals surface area contributed by atoms with Crippen LogP contribution in [0.15, 0.2) is 23.3 Å². The third-order valence-electron chi connectivity index (χ3n) is 3.98. The van der Waals surface area contributed by atoms with Gasteiger partial charge in [-0.2, -0.15) is 6.42 Å². The highest BCUT2D eigenvalue weighted by molar-refractivity contribution is 5.30. The number of hydrogen-bond acceptors (Lipinski definition) is 1. The third kappa shape index (κ3) is 1.90. The van der Waals surface area contributed by atoms with Gasteiger partial charge in [0.05, 0.1) is 6.10 Å². The van der Waals surface area contributed by atoms with Gasteiger partial charge in [0.1, 0.15) is 0 Å². The van der Waals surface area contributed by atoms with Crippen LogP contribution in [0.5, 0.6) is 0 Å². The van der Waals surface area contributed by atoms with Crippen molar-refractivity contribution in [1.82, 2.24) is 0 Å². The monoisotopic (exact) mass is 205 g/mol. The highest BCUT2D eigenvalue weighted by Crippen LogP contribution is 2.40.